The van der Waals surface area contributed by atoms with Gasteiger partial charge in [-0.2, -0.15) is 0 Å². The normalized spacial score (nSPS) is 10.7. The molecule has 0 radical (unpaired) electrons. The van der Waals surface area contributed by atoms with Crippen LogP contribution in [0.5, 0.6) is 11.5 Å². The number of oxazole rings is 1. The van der Waals surface area contributed by atoms with Crippen LogP contribution in [0.2, 0.25) is 0 Å². The average Bonchev–Trinajstić information content (AvgIpc) is 3.09. The quantitative estimate of drug-likeness (QED) is 0.550. The number of aromatic hydroxyl groups is 1. The van der Waals surface area contributed by atoms with E-state index in [0.29, 0.717) is 24.5 Å². The number of benzene rings is 2. The van der Waals surface area contributed by atoms with Gasteiger partial charge < -0.3 is 14.3 Å². The summed E-state index contributed by atoms with van der Waals surface area (Å²) in [4.78, 5) is 16.1. The predicted octanol–water partition coefficient (Wildman–Crippen LogP) is 4.14. The number of halogens is 1. The molecule has 6 heteroatoms. The van der Waals surface area contributed by atoms with Gasteiger partial charge in [-0.15, -0.1) is 0 Å². The molecule has 0 bridgehead atoms. The van der Waals surface area contributed by atoms with Crippen molar-refractivity contribution in [3.8, 4) is 11.5 Å². The Morgan fingerprint density at radius 1 is 1.15 bits per heavy atom. The maximum Gasteiger partial charge on any atom is 0.381 e. The second-order valence-electron chi connectivity index (χ2n) is 6.04. The van der Waals surface area contributed by atoms with Crippen LogP contribution in [-0.2, 0) is 12.8 Å². The molecule has 2 aromatic carbocycles. The van der Waals surface area contributed by atoms with Gasteiger partial charge in [-0.05, 0) is 61.2 Å². The first kappa shape index (κ1) is 17.7. The molecular weight excluding hydrogens is 337 g/mol. The fraction of sp³-hybridized carbons (Fsp3) is 0.200. The van der Waals surface area contributed by atoms with Crippen LogP contribution in [0.4, 0.5) is 4.39 Å². The van der Waals surface area contributed by atoms with E-state index < -0.39 is 11.8 Å². The lowest BCUT2D eigenvalue weighted by atomic mass is 10.0. The van der Waals surface area contributed by atoms with Crippen LogP contribution >= 0.6 is 0 Å². The monoisotopic (exact) mass is 355 g/mol. The van der Waals surface area contributed by atoms with Gasteiger partial charge in [0.25, 0.3) is 0 Å². The number of carbonyl (C=O) groups excluding carboxylic acids is 1. The van der Waals surface area contributed by atoms with Gasteiger partial charge in [0, 0.05) is 6.42 Å². The smallest absolute Gasteiger partial charge is 0.381 e. The number of carbonyl (C=O) groups is 1. The van der Waals surface area contributed by atoms with Gasteiger partial charge in [0.1, 0.15) is 17.3 Å². The highest BCUT2D eigenvalue weighted by molar-refractivity contribution is 5.87. The average molecular weight is 355 g/mol. The second-order valence-corrected chi connectivity index (χ2v) is 6.04. The van der Waals surface area contributed by atoms with Crippen molar-refractivity contribution in [1.29, 1.82) is 0 Å². The summed E-state index contributed by atoms with van der Waals surface area (Å²) < 4.78 is 23.4. The summed E-state index contributed by atoms with van der Waals surface area (Å²) in [5, 5.41) is 9.81. The highest BCUT2D eigenvalue weighted by atomic mass is 19.1. The summed E-state index contributed by atoms with van der Waals surface area (Å²) in [6.45, 7) is 3.70. The third-order valence-corrected chi connectivity index (χ3v) is 3.96. The summed E-state index contributed by atoms with van der Waals surface area (Å²) in [6, 6.07) is 8.95. The van der Waals surface area contributed by atoms with E-state index in [9.17, 15) is 14.3 Å². The minimum absolute atomic E-state index is 0.0117. The van der Waals surface area contributed by atoms with Crippen LogP contribution < -0.4 is 4.74 Å². The maximum absolute atomic E-state index is 12.9. The highest BCUT2D eigenvalue weighted by Gasteiger charge is 2.15. The van der Waals surface area contributed by atoms with Gasteiger partial charge in [0.15, 0.2) is 5.89 Å². The number of phenolic OH excluding ortho intramolecular Hbond substituents is 1. The van der Waals surface area contributed by atoms with Gasteiger partial charge >= 0.3 is 5.97 Å². The highest BCUT2D eigenvalue weighted by Crippen LogP contribution is 2.23. The molecule has 0 fully saturated rings. The van der Waals surface area contributed by atoms with Crippen LogP contribution in [0.25, 0.3) is 0 Å². The number of hydrogen-bond acceptors (Lipinski definition) is 5. The largest absolute Gasteiger partial charge is 0.507 e. The van der Waals surface area contributed by atoms with Gasteiger partial charge in [0.2, 0.25) is 5.76 Å². The van der Waals surface area contributed by atoms with Crippen molar-refractivity contribution in [3.05, 3.63) is 76.8 Å². The molecule has 0 aliphatic rings. The lowest BCUT2D eigenvalue weighted by molar-refractivity contribution is 0.0699. The zero-order valence-electron chi connectivity index (χ0n) is 14.5. The van der Waals surface area contributed by atoms with Crippen LogP contribution in [0.1, 0.15) is 33.1 Å². The van der Waals surface area contributed by atoms with Crippen molar-refractivity contribution >= 4 is 5.97 Å². The number of hydrogen-bond donors (Lipinski definition) is 1. The van der Waals surface area contributed by atoms with E-state index in [0.717, 1.165) is 16.7 Å². The van der Waals surface area contributed by atoms with Crippen LogP contribution in [0, 0.1) is 19.7 Å². The minimum Gasteiger partial charge on any atom is -0.507 e. The molecule has 3 aromatic rings. The Kier molecular flexibility index (Phi) is 5.02. The number of aromatic nitrogens is 1. The predicted molar refractivity (Wildman–Crippen MR) is 92.9 cm³/mol. The summed E-state index contributed by atoms with van der Waals surface area (Å²) in [5.41, 5.74) is 2.68. The molecule has 0 saturated carbocycles. The number of nitrogens with zero attached hydrogens (tertiary/aromatic N) is 1. The topological polar surface area (TPSA) is 72.6 Å². The Balaban J connectivity index is 1.62. The summed E-state index contributed by atoms with van der Waals surface area (Å²) in [7, 11) is 0. The fourth-order valence-electron chi connectivity index (χ4n) is 2.62. The zero-order valence-corrected chi connectivity index (χ0v) is 14.5. The molecule has 1 N–H and O–H groups in total. The van der Waals surface area contributed by atoms with Crippen molar-refractivity contribution in [2.75, 3.05) is 0 Å². The Bertz CT molecular complexity index is 908. The molecule has 0 amide bonds. The Morgan fingerprint density at radius 3 is 2.46 bits per heavy atom. The molecule has 3 rings (SSSR count). The maximum atomic E-state index is 12.9. The van der Waals surface area contributed by atoms with Gasteiger partial charge in [0.05, 0.1) is 6.20 Å². The van der Waals surface area contributed by atoms with Gasteiger partial charge in [-0.3, -0.25) is 0 Å². The van der Waals surface area contributed by atoms with E-state index in [2.05, 4.69) is 4.98 Å². The molecule has 0 saturated heterocycles. The van der Waals surface area contributed by atoms with Crippen molar-refractivity contribution in [1.82, 2.24) is 4.98 Å². The first-order valence-electron chi connectivity index (χ1n) is 8.14. The number of ether oxygens (including phenoxy) is 1. The van der Waals surface area contributed by atoms with E-state index in [1.54, 1.807) is 0 Å². The van der Waals surface area contributed by atoms with E-state index in [4.69, 9.17) is 9.15 Å². The summed E-state index contributed by atoms with van der Waals surface area (Å²) in [6.07, 6.45) is 2.48. The number of esters is 1. The first-order chi connectivity index (χ1) is 12.4. The molecule has 0 unspecified atom stereocenters. The molecule has 26 heavy (non-hydrogen) atoms. The van der Waals surface area contributed by atoms with Crippen molar-refractivity contribution < 1.29 is 23.4 Å². The number of aryl methyl sites for hydroxylation is 4. The molecule has 0 aliphatic heterocycles. The Labute approximate surface area is 150 Å². The van der Waals surface area contributed by atoms with E-state index in [-0.39, 0.29) is 11.5 Å². The zero-order chi connectivity index (χ0) is 18.7. The van der Waals surface area contributed by atoms with E-state index >= 15 is 0 Å². The molecular formula is C20H18FNO4. The third kappa shape index (κ3) is 4.08. The number of phenols is 1. The summed E-state index contributed by atoms with van der Waals surface area (Å²) >= 11 is 0. The van der Waals surface area contributed by atoms with Crippen LogP contribution in [0.3, 0.4) is 0 Å². The Hall–Kier alpha value is -3.15. The third-order valence-electron chi connectivity index (χ3n) is 3.96. The van der Waals surface area contributed by atoms with Crippen molar-refractivity contribution in [2.45, 2.75) is 26.7 Å². The molecule has 0 atom stereocenters. The second kappa shape index (κ2) is 7.39. The Morgan fingerprint density at radius 2 is 1.81 bits per heavy atom. The van der Waals surface area contributed by atoms with Crippen molar-refractivity contribution in [3.63, 3.8) is 0 Å². The molecule has 0 aliphatic carbocycles. The number of rotatable bonds is 5. The van der Waals surface area contributed by atoms with Gasteiger partial charge in [-0.25, -0.2) is 14.2 Å². The molecule has 5 nitrogen and oxygen atoms in total. The summed E-state index contributed by atoms with van der Waals surface area (Å²) in [5.74, 6) is -0.167. The molecule has 0 spiro atoms. The SMILES string of the molecule is Cc1cc(CCc2ncc(C(=O)Oc3ccc(F)cc3)o2)cc(C)c1O. The lowest BCUT2D eigenvalue weighted by Gasteiger charge is -2.07. The van der Waals surface area contributed by atoms with Crippen molar-refractivity contribution in [2.24, 2.45) is 0 Å². The lowest BCUT2D eigenvalue weighted by Crippen LogP contribution is -2.07. The standard InChI is InChI=1S/C20H18FNO4/c1-12-9-14(10-13(2)19(12)23)3-8-18-22-11-17(26-18)20(24)25-16-6-4-15(21)5-7-16/h4-7,9-11,23H,3,8H2,1-2H3. The minimum atomic E-state index is -0.688. The molecule has 134 valence electrons. The van der Waals surface area contributed by atoms with Crippen LogP contribution in [0.15, 0.2) is 47.0 Å². The first-order valence-corrected chi connectivity index (χ1v) is 8.14. The fourth-order valence-corrected chi connectivity index (χ4v) is 2.62. The molecule has 1 heterocycles. The van der Waals surface area contributed by atoms with E-state index in [1.165, 1.54) is 30.5 Å². The van der Waals surface area contributed by atoms with Gasteiger partial charge in [-0.1, -0.05) is 12.1 Å². The molecule has 1 aromatic heterocycles. The van der Waals surface area contributed by atoms with Crippen LogP contribution in [-0.4, -0.2) is 16.1 Å². The van der Waals surface area contributed by atoms with E-state index in [1.807, 2.05) is 26.0 Å².